The minimum atomic E-state index is 0.311. The molecule has 110 valence electrons. The molecule has 0 amide bonds. The first-order chi connectivity index (χ1) is 10.8. The molecule has 0 fully saturated rings. The van der Waals surface area contributed by atoms with Crippen LogP contribution in [0.4, 0.5) is 5.82 Å². The van der Waals surface area contributed by atoms with Gasteiger partial charge in [0, 0.05) is 18.7 Å². The third-order valence-corrected chi connectivity index (χ3v) is 3.80. The summed E-state index contributed by atoms with van der Waals surface area (Å²) in [6, 6.07) is 25.3. The molecule has 0 saturated heterocycles. The highest BCUT2D eigenvalue weighted by atomic mass is 15.0. The number of benzene rings is 2. The SMILES string of the molecule is Cc1ccc(NCC(c2ccccc2)c2ccccc2)nc1. The Hall–Kier alpha value is -2.61. The molecule has 0 aliphatic rings. The van der Waals surface area contributed by atoms with E-state index in [1.807, 2.05) is 19.2 Å². The van der Waals surface area contributed by atoms with E-state index in [9.17, 15) is 0 Å². The van der Waals surface area contributed by atoms with Crippen LogP contribution in [-0.4, -0.2) is 11.5 Å². The number of nitrogens with zero attached hydrogens (tertiary/aromatic N) is 1. The number of hydrogen-bond acceptors (Lipinski definition) is 2. The monoisotopic (exact) mass is 288 g/mol. The Labute approximate surface area is 131 Å². The number of rotatable bonds is 5. The molecule has 0 unspecified atom stereocenters. The molecular formula is C20H20N2. The van der Waals surface area contributed by atoms with Gasteiger partial charge in [-0.05, 0) is 29.7 Å². The van der Waals surface area contributed by atoms with Crippen LogP contribution in [-0.2, 0) is 0 Å². The highest BCUT2D eigenvalue weighted by Gasteiger charge is 2.13. The first-order valence-corrected chi connectivity index (χ1v) is 7.59. The molecule has 2 aromatic carbocycles. The van der Waals surface area contributed by atoms with E-state index in [0.29, 0.717) is 5.92 Å². The van der Waals surface area contributed by atoms with Gasteiger partial charge in [0.15, 0.2) is 0 Å². The highest BCUT2D eigenvalue weighted by molar-refractivity contribution is 5.39. The third-order valence-electron chi connectivity index (χ3n) is 3.80. The third kappa shape index (κ3) is 3.53. The lowest BCUT2D eigenvalue weighted by Gasteiger charge is -2.19. The lowest BCUT2D eigenvalue weighted by Crippen LogP contribution is -2.14. The molecule has 0 spiro atoms. The highest BCUT2D eigenvalue weighted by Crippen LogP contribution is 2.24. The second-order valence-electron chi connectivity index (χ2n) is 5.48. The lowest BCUT2D eigenvalue weighted by atomic mass is 9.91. The molecule has 2 nitrogen and oxygen atoms in total. The Morgan fingerprint density at radius 2 is 1.41 bits per heavy atom. The van der Waals surface area contributed by atoms with Crippen molar-refractivity contribution in [3.63, 3.8) is 0 Å². The van der Waals surface area contributed by atoms with Gasteiger partial charge in [0.1, 0.15) is 5.82 Å². The van der Waals surface area contributed by atoms with Crippen molar-refractivity contribution in [1.29, 1.82) is 0 Å². The van der Waals surface area contributed by atoms with E-state index in [1.54, 1.807) is 0 Å². The summed E-state index contributed by atoms with van der Waals surface area (Å²) in [6.45, 7) is 2.87. The summed E-state index contributed by atoms with van der Waals surface area (Å²) in [6.07, 6.45) is 1.89. The predicted molar refractivity (Wildman–Crippen MR) is 92.2 cm³/mol. The molecule has 3 aromatic rings. The van der Waals surface area contributed by atoms with Gasteiger partial charge < -0.3 is 5.32 Å². The zero-order chi connectivity index (χ0) is 15.2. The fourth-order valence-electron chi connectivity index (χ4n) is 2.58. The summed E-state index contributed by atoms with van der Waals surface area (Å²) < 4.78 is 0. The number of aromatic nitrogens is 1. The number of hydrogen-bond donors (Lipinski definition) is 1. The summed E-state index contributed by atoms with van der Waals surface area (Å²) in [5.74, 6) is 1.23. The van der Waals surface area contributed by atoms with Gasteiger partial charge >= 0.3 is 0 Å². The van der Waals surface area contributed by atoms with Crippen LogP contribution in [0.15, 0.2) is 79.0 Å². The molecule has 2 heteroatoms. The largest absolute Gasteiger partial charge is 0.369 e. The number of pyridine rings is 1. The van der Waals surface area contributed by atoms with Crippen LogP contribution in [0.2, 0.25) is 0 Å². The van der Waals surface area contributed by atoms with Crippen molar-refractivity contribution in [2.24, 2.45) is 0 Å². The molecule has 3 rings (SSSR count). The van der Waals surface area contributed by atoms with Crippen molar-refractivity contribution in [2.75, 3.05) is 11.9 Å². The molecular weight excluding hydrogens is 268 g/mol. The first-order valence-electron chi connectivity index (χ1n) is 7.59. The Morgan fingerprint density at radius 1 is 0.818 bits per heavy atom. The molecule has 1 N–H and O–H groups in total. The first kappa shape index (κ1) is 14.3. The van der Waals surface area contributed by atoms with E-state index < -0.39 is 0 Å². The second kappa shape index (κ2) is 6.90. The van der Waals surface area contributed by atoms with E-state index >= 15 is 0 Å². The Kier molecular flexibility index (Phi) is 4.50. The molecule has 0 aliphatic carbocycles. The minimum Gasteiger partial charge on any atom is -0.369 e. The van der Waals surface area contributed by atoms with Crippen molar-refractivity contribution in [3.05, 3.63) is 95.7 Å². The maximum atomic E-state index is 4.43. The van der Waals surface area contributed by atoms with Gasteiger partial charge in [-0.25, -0.2) is 4.98 Å². The van der Waals surface area contributed by atoms with E-state index in [0.717, 1.165) is 12.4 Å². The van der Waals surface area contributed by atoms with E-state index in [-0.39, 0.29) is 0 Å². The average molecular weight is 288 g/mol. The second-order valence-corrected chi connectivity index (χ2v) is 5.48. The fourth-order valence-corrected chi connectivity index (χ4v) is 2.58. The van der Waals surface area contributed by atoms with Crippen LogP contribution in [0.25, 0.3) is 0 Å². The van der Waals surface area contributed by atoms with Crippen LogP contribution < -0.4 is 5.32 Å². The lowest BCUT2D eigenvalue weighted by molar-refractivity contribution is 0.848. The van der Waals surface area contributed by atoms with Crippen LogP contribution in [0, 0.1) is 6.92 Å². The summed E-state index contributed by atoms with van der Waals surface area (Å²) in [7, 11) is 0. The zero-order valence-corrected chi connectivity index (χ0v) is 12.7. The minimum absolute atomic E-state index is 0.311. The topological polar surface area (TPSA) is 24.9 Å². The Morgan fingerprint density at radius 3 is 1.91 bits per heavy atom. The van der Waals surface area contributed by atoms with E-state index in [1.165, 1.54) is 16.7 Å². The number of aryl methyl sites for hydroxylation is 1. The molecule has 0 aliphatic heterocycles. The van der Waals surface area contributed by atoms with Gasteiger partial charge in [-0.3, -0.25) is 0 Å². The normalized spacial score (nSPS) is 10.6. The van der Waals surface area contributed by atoms with Crippen molar-refractivity contribution >= 4 is 5.82 Å². The standard InChI is InChI=1S/C20H20N2/c1-16-12-13-20(21-14-16)22-15-19(17-8-4-2-5-9-17)18-10-6-3-7-11-18/h2-14,19H,15H2,1H3,(H,21,22). The Balaban J connectivity index is 1.81. The van der Waals surface area contributed by atoms with Gasteiger partial charge in [-0.2, -0.15) is 0 Å². The van der Waals surface area contributed by atoms with Crippen LogP contribution in [0.5, 0.6) is 0 Å². The number of anilines is 1. The van der Waals surface area contributed by atoms with Crippen molar-refractivity contribution in [3.8, 4) is 0 Å². The maximum Gasteiger partial charge on any atom is 0.125 e. The van der Waals surface area contributed by atoms with Crippen molar-refractivity contribution in [1.82, 2.24) is 4.98 Å². The van der Waals surface area contributed by atoms with Crippen molar-refractivity contribution < 1.29 is 0 Å². The zero-order valence-electron chi connectivity index (χ0n) is 12.7. The molecule has 0 bridgehead atoms. The summed E-state index contributed by atoms with van der Waals surface area (Å²) in [4.78, 5) is 4.43. The summed E-state index contributed by atoms with van der Waals surface area (Å²) in [5.41, 5.74) is 3.80. The summed E-state index contributed by atoms with van der Waals surface area (Å²) >= 11 is 0. The van der Waals surface area contributed by atoms with Gasteiger partial charge in [0.2, 0.25) is 0 Å². The van der Waals surface area contributed by atoms with Crippen LogP contribution in [0.3, 0.4) is 0 Å². The van der Waals surface area contributed by atoms with Crippen LogP contribution in [0.1, 0.15) is 22.6 Å². The van der Waals surface area contributed by atoms with Gasteiger partial charge in [-0.15, -0.1) is 0 Å². The quantitative estimate of drug-likeness (QED) is 0.740. The molecule has 0 atom stereocenters. The maximum absolute atomic E-state index is 4.43. The van der Waals surface area contributed by atoms with E-state index in [2.05, 4.69) is 77.0 Å². The Bertz CT molecular complexity index is 651. The predicted octanol–water partition coefficient (Wildman–Crippen LogP) is 4.63. The van der Waals surface area contributed by atoms with Crippen LogP contribution >= 0.6 is 0 Å². The van der Waals surface area contributed by atoms with Gasteiger partial charge in [0.25, 0.3) is 0 Å². The molecule has 1 heterocycles. The molecule has 1 aromatic heterocycles. The van der Waals surface area contributed by atoms with Gasteiger partial charge in [0.05, 0.1) is 0 Å². The van der Waals surface area contributed by atoms with E-state index in [4.69, 9.17) is 0 Å². The molecule has 0 radical (unpaired) electrons. The smallest absolute Gasteiger partial charge is 0.125 e. The average Bonchev–Trinajstić information content (AvgIpc) is 2.59. The molecule has 0 saturated carbocycles. The van der Waals surface area contributed by atoms with Gasteiger partial charge in [-0.1, -0.05) is 66.7 Å². The fraction of sp³-hybridized carbons (Fsp3) is 0.150. The molecule has 22 heavy (non-hydrogen) atoms. The number of nitrogens with one attached hydrogen (secondary N) is 1. The van der Waals surface area contributed by atoms with Crippen molar-refractivity contribution in [2.45, 2.75) is 12.8 Å². The summed E-state index contributed by atoms with van der Waals surface area (Å²) in [5, 5.41) is 3.46.